The first-order valence-corrected chi connectivity index (χ1v) is 0.851. The monoisotopic (exact) mass is 73.0 g/mol. The molecule has 5 heavy (non-hydrogen) atoms. The summed E-state index contributed by atoms with van der Waals surface area (Å²) in [5.74, 6) is 0. The maximum absolute atomic E-state index is 8.95. The zero-order valence-electron chi connectivity index (χ0n) is 2.25. The summed E-state index contributed by atoms with van der Waals surface area (Å²) in [6.07, 6.45) is -1.56. The lowest BCUT2D eigenvalue weighted by Gasteiger charge is -1.75. The topological polar surface area (TPSA) is 72.0 Å². The smallest absolute Gasteiger partial charge is 0.410 e. The quantitative estimate of drug-likeness (QED) is 0.428. The number of carboxylic acid groups (broad SMARTS) is 1. The number of rotatable bonds is 0. The van der Waals surface area contributed by atoms with Gasteiger partial charge in [-0.25, -0.2) is 4.79 Å². The molecule has 0 rings (SSSR count). The predicted molar refractivity (Wildman–Crippen MR) is 13.8 cm³/mol. The lowest BCUT2D eigenvalue weighted by Crippen LogP contribution is -1.76. The van der Waals surface area contributed by atoms with Crippen LogP contribution in [0.5, 0.6) is 0 Å². The molecule has 0 aliphatic rings. The average molecular weight is 73.0 g/mol. The Kier molecular flexibility index (Phi) is 1.14. The van der Waals surface area contributed by atoms with Crippen LogP contribution in [0.15, 0.2) is 5.11 Å². The summed E-state index contributed by atoms with van der Waals surface area (Å²) in [5.41, 5.74) is 7.17. The molecule has 0 heterocycles. The molecule has 0 aromatic carbocycles. The largest absolute Gasteiger partial charge is 0.701 e. The number of hydrogen-bond acceptors (Lipinski definition) is 1. The van der Waals surface area contributed by atoms with Gasteiger partial charge in [-0.05, 0) is 0 Å². The Hall–Kier alpha value is -0.930. The lowest BCUT2D eigenvalue weighted by atomic mass is 11.3. The second-order valence-electron chi connectivity index (χ2n) is 0.383. The molecule has 0 spiro atoms. The third-order valence-electron chi connectivity index (χ3n) is 0.0855. The first-order valence-electron chi connectivity index (χ1n) is 0.851. The van der Waals surface area contributed by atoms with Crippen LogP contribution in [0.3, 0.4) is 0 Å². The van der Waals surface area contributed by atoms with Gasteiger partial charge >= 0.3 is 6.09 Å². The highest BCUT2D eigenvalue weighted by Gasteiger charge is 1.69. The second kappa shape index (κ2) is 1.40. The summed E-state index contributed by atoms with van der Waals surface area (Å²) in [4.78, 5) is 8.95. The third kappa shape index (κ3) is 3.07. The van der Waals surface area contributed by atoms with Gasteiger partial charge in [0.25, 0.3) is 0 Å². The van der Waals surface area contributed by atoms with Crippen molar-refractivity contribution >= 4 is 6.09 Å². The molecule has 0 atom stereocenters. The van der Waals surface area contributed by atoms with Crippen LogP contribution < -0.4 is 0 Å². The van der Waals surface area contributed by atoms with Gasteiger partial charge in [-0.15, -0.1) is 0 Å². The van der Waals surface area contributed by atoms with Crippen LogP contribution in [0.25, 0.3) is 5.53 Å². The van der Waals surface area contributed by atoms with Crippen molar-refractivity contribution in [2.24, 2.45) is 5.11 Å². The molecule has 0 aliphatic carbocycles. The zero-order chi connectivity index (χ0) is 4.28. The Bertz CT molecular complexity index is 58.7. The Balaban J connectivity index is 3.20. The zero-order valence-corrected chi connectivity index (χ0v) is 2.25. The van der Waals surface area contributed by atoms with E-state index in [0.29, 0.717) is 0 Å². The maximum Gasteiger partial charge on any atom is 0.410 e. The molecule has 0 unspecified atom stereocenters. The van der Waals surface area contributed by atoms with E-state index in [0.717, 1.165) is 0 Å². The van der Waals surface area contributed by atoms with E-state index in [2.05, 4.69) is 0 Å². The fraction of sp³-hybridized carbons (Fsp3) is 0. The van der Waals surface area contributed by atoms with Gasteiger partial charge in [-0.1, -0.05) is 0 Å². The van der Waals surface area contributed by atoms with Gasteiger partial charge in [-0.2, -0.15) is 0 Å². The van der Waals surface area contributed by atoms with Crippen LogP contribution in [0.4, 0.5) is 4.79 Å². The molecular weight excluding hydrogens is 72.0 g/mol. The Morgan fingerprint density at radius 1 is 2.00 bits per heavy atom. The fourth-order valence-corrected chi connectivity index (χ4v) is 0. The van der Waals surface area contributed by atoms with Gasteiger partial charge in [0.05, 0.1) is 0 Å². The minimum atomic E-state index is -1.56. The second-order valence-corrected chi connectivity index (χ2v) is 0.383. The Labute approximate surface area is 27.9 Å². The highest BCUT2D eigenvalue weighted by atomic mass is 16.4. The highest BCUT2D eigenvalue weighted by Crippen LogP contribution is 1.62. The van der Waals surface area contributed by atoms with Gasteiger partial charge in [0.2, 0.25) is 0 Å². The van der Waals surface area contributed by atoms with Crippen molar-refractivity contribution < 1.29 is 9.90 Å². The van der Waals surface area contributed by atoms with Crippen molar-refractivity contribution in [1.29, 1.82) is 0 Å². The number of hydrogen-bond donors (Lipinski definition) is 1. The molecule has 1 N–H and O–H groups in total. The summed E-state index contributed by atoms with van der Waals surface area (Å²) in [6, 6.07) is 0. The van der Waals surface area contributed by atoms with Gasteiger partial charge in [0, 0.05) is 0 Å². The number of nitrogens with zero attached hydrogens (tertiary/aromatic N) is 2. The molecule has 0 aromatic heterocycles. The summed E-state index contributed by atoms with van der Waals surface area (Å²) >= 11 is 0. The molecule has 4 nitrogen and oxygen atoms in total. The van der Waals surface area contributed by atoms with Crippen molar-refractivity contribution in [3.8, 4) is 0 Å². The van der Waals surface area contributed by atoms with Crippen LogP contribution in [0, 0.1) is 0 Å². The van der Waals surface area contributed by atoms with E-state index < -0.39 is 6.09 Å². The molecule has 28 valence electrons. The summed E-state index contributed by atoms with van der Waals surface area (Å²) in [5, 5.41) is 9.11. The molecule has 0 aromatic rings. The molecule has 4 heteroatoms. The average Bonchev–Trinajstić information content (AvgIpc) is 1.38. The minimum Gasteiger partial charge on any atom is -0.701 e. The fourth-order valence-electron chi connectivity index (χ4n) is 0. The maximum atomic E-state index is 8.95. The molecule has 0 saturated carbocycles. The Morgan fingerprint density at radius 3 is 2.20 bits per heavy atom. The number of amides is 1. The van der Waals surface area contributed by atoms with Crippen LogP contribution >= 0.6 is 0 Å². The summed E-state index contributed by atoms with van der Waals surface area (Å²) in [7, 11) is 0. The van der Waals surface area contributed by atoms with Crippen molar-refractivity contribution in [3.05, 3.63) is 5.53 Å². The van der Waals surface area contributed by atoms with Crippen molar-refractivity contribution in [3.63, 3.8) is 0 Å². The molecule has 0 fully saturated rings. The van der Waals surface area contributed by atoms with Gasteiger partial charge in [0.1, 0.15) is 0 Å². The summed E-state index contributed by atoms with van der Waals surface area (Å²) < 4.78 is 0. The van der Waals surface area contributed by atoms with E-state index >= 15 is 0 Å². The minimum absolute atomic E-state index is 1.56. The van der Waals surface area contributed by atoms with Gasteiger partial charge in [-0.3, -0.25) is 0 Å². The van der Waals surface area contributed by atoms with Gasteiger partial charge in [0.15, 0.2) is 0 Å². The van der Waals surface area contributed by atoms with Crippen LogP contribution in [0.1, 0.15) is 0 Å². The van der Waals surface area contributed by atoms with Crippen LogP contribution in [-0.4, -0.2) is 11.2 Å². The molecule has 0 bridgehead atoms. The van der Waals surface area contributed by atoms with Crippen LogP contribution in [-0.2, 0) is 0 Å². The first-order chi connectivity index (χ1) is 2.27. The molecule has 0 radical (unpaired) electrons. The Morgan fingerprint density at radius 2 is 2.20 bits per heavy atom. The normalized spacial score (nSPS) is 6.40. The van der Waals surface area contributed by atoms with E-state index in [9.17, 15) is 0 Å². The van der Waals surface area contributed by atoms with Crippen molar-refractivity contribution in [2.75, 3.05) is 0 Å². The standard InChI is InChI=1S/CHN2O2/c2-3-1(4)5/h(H,4,5)/q-1. The van der Waals surface area contributed by atoms with E-state index in [1.54, 1.807) is 5.11 Å². The van der Waals surface area contributed by atoms with E-state index in [1.807, 2.05) is 0 Å². The predicted octanol–water partition coefficient (Wildman–Crippen LogP) is 0.686. The molecular formula is CHN2O2-. The third-order valence-corrected chi connectivity index (χ3v) is 0.0855. The van der Waals surface area contributed by atoms with E-state index in [4.69, 9.17) is 15.4 Å². The van der Waals surface area contributed by atoms with Gasteiger partial charge < -0.3 is 15.8 Å². The molecule has 0 aliphatic heterocycles. The SMILES string of the molecule is [N-]=NC(=O)O. The first kappa shape index (κ1) is 4.07. The lowest BCUT2D eigenvalue weighted by molar-refractivity contribution is 0.205. The molecule has 0 saturated heterocycles. The van der Waals surface area contributed by atoms with E-state index in [-0.39, 0.29) is 0 Å². The van der Waals surface area contributed by atoms with Crippen LogP contribution in [0.2, 0.25) is 0 Å². The number of carbonyl (C=O) groups is 1. The molecule has 1 amide bonds. The van der Waals surface area contributed by atoms with Crippen molar-refractivity contribution in [1.82, 2.24) is 0 Å². The van der Waals surface area contributed by atoms with Crippen molar-refractivity contribution in [2.45, 2.75) is 0 Å². The summed E-state index contributed by atoms with van der Waals surface area (Å²) in [6.45, 7) is 0. The highest BCUT2D eigenvalue weighted by molar-refractivity contribution is 5.64. The van der Waals surface area contributed by atoms with E-state index in [1.165, 1.54) is 0 Å².